The first-order chi connectivity index (χ1) is 25.3. The van der Waals surface area contributed by atoms with Crippen LogP contribution >= 0.6 is 11.3 Å². The third kappa shape index (κ3) is 4.33. The number of nitrogens with zero attached hydrogens (tertiary/aromatic N) is 1. The zero-order valence-electron chi connectivity index (χ0n) is 28.4. The van der Waals surface area contributed by atoms with Crippen LogP contribution in [0, 0.1) is 11.8 Å². The van der Waals surface area contributed by atoms with Gasteiger partial charge in [-0.2, -0.15) is 0 Å². The van der Waals surface area contributed by atoms with Crippen molar-refractivity contribution in [3.05, 3.63) is 175 Å². The molecule has 51 heavy (non-hydrogen) atoms. The van der Waals surface area contributed by atoms with Crippen molar-refractivity contribution in [1.82, 2.24) is 0 Å². The topological polar surface area (TPSA) is 3.24 Å². The van der Waals surface area contributed by atoms with E-state index in [1.807, 2.05) is 11.3 Å². The van der Waals surface area contributed by atoms with Gasteiger partial charge in [0.1, 0.15) is 0 Å². The Kier molecular flexibility index (Phi) is 6.48. The van der Waals surface area contributed by atoms with Gasteiger partial charge in [-0.25, -0.2) is 0 Å². The van der Waals surface area contributed by atoms with Gasteiger partial charge in [0.2, 0.25) is 0 Å². The first kappa shape index (κ1) is 29.3. The number of hydrogen-bond acceptors (Lipinski definition) is 2. The summed E-state index contributed by atoms with van der Waals surface area (Å²) in [4.78, 5) is 2.51. The number of anilines is 3. The number of rotatable bonds is 5. The van der Waals surface area contributed by atoms with Crippen molar-refractivity contribution < 1.29 is 0 Å². The predicted molar refractivity (Wildman–Crippen MR) is 217 cm³/mol. The molecule has 2 saturated carbocycles. The van der Waals surface area contributed by atoms with Crippen molar-refractivity contribution >= 4 is 48.6 Å². The predicted octanol–water partition coefficient (Wildman–Crippen LogP) is 13.9. The second kappa shape index (κ2) is 11.3. The normalized spacial score (nSPS) is 19.9. The van der Waals surface area contributed by atoms with Crippen molar-refractivity contribution in [2.24, 2.45) is 11.8 Å². The molecule has 11 rings (SSSR count). The zero-order valence-corrected chi connectivity index (χ0v) is 29.2. The highest BCUT2D eigenvalue weighted by Gasteiger charge is 2.57. The van der Waals surface area contributed by atoms with Crippen LogP contribution in [0.5, 0.6) is 0 Å². The van der Waals surface area contributed by atoms with E-state index in [1.165, 1.54) is 96.3 Å². The van der Waals surface area contributed by atoms with Crippen LogP contribution < -0.4 is 4.90 Å². The standard InChI is InChI=1S/C49H37NS/c1-2-10-33(11-3-1)34-21-26-37(27-22-34)50(38-28-23-35(24-29-38)39-14-8-15-41-40-12-5-7-19-46(40)51-48(39)41)45-18-9-17-44-47(45)42-13-4-6-16-43(42)49(44)31-32-20-25-36(49)30-32/h1-19,21-24,26-29,32,36H,20,25,30-31H2. The molecule has 2 bridgehead atoms. The monoisotopic (exact) mass is 671 g/mol. The second-order valence-electron chi connectivity index (χ2n) is 14.9. The maximum Gasteiger partial charge on any atom is 0.0543 e. The molecule has 1 heterocycles. The Morgan fingerprint density at radius 3 is 1.94 bits per heavy atom. The van der Waals surface area contributed by atoms with Crippen LogP contribution in [0.4, 0.5) is 17.1 Å². The SMILES string of the molecule is c1ccc(-c2ccc(N(c3ccc(-c4cccc5c4sc4ccccc45)cc3)c3cccc4c3-c3ccccc3C43CC4CCC3C4)cc2)cc1. The molecular formula is C49H37NS. The van der Waals surface area contributed by atoms with Gasteiger partial charge in [-0.3, -0.25) is 0 Å². The smallest absolute Gasteiger partial charge is 0.0543 e. The number of fused-ring (bicyclic) bond motifs is 11. The summed E-state index contributed by atoms with van der Waals surface area (Å²) in [6, 6.07) is 61.3. The fraction of sp³-hybridized carbons (Fsp3) is 0.143. The summed E-state index contributed by atoms with van der Waals surface area (Å²) in [5, 5.41) is 2.68. The Labute approximate surface area is 303 Å². The Balaban J connectivity index is 1.08. The van der Waals surface area contributed by atoms with Gasteiger partial charge in [-0.05, 0) is 106 Å². The molecule has 7 aromatic carbocycles. The van der Waals surface area contributed by atoms with Crippen LogP contribution in [-0.4, -0.2) is 0 Å². The summed E-state index contributed by atoms with van der Waals surface area (Å²) in [6.45, 7) is 0. The zero-order chi connectivity index (χ0) is 33.5. The molecule has 2 heteroatoms. The van der Waals surface area contributed by atoms with Crippen LogP contribution in [-0.2, 0) is 5.41 Å². The van der Waals surface area contributed by atoms with Gasteiger partial charge in [-0.1, -0.05) is 134 Å². The van der Waals surface area contributed by atoms with E-state index in [-0.39, 0.29) is 5.41 Å². The van der Waals surface area contributed by atoms with Crippen LogP contribution in [0.1, 0.15) is 36.8 Å². The molecular weight excluding hydrogens is 635 g/mol. The van der Waals surface area contributed by atoms with Crippen molar-refractivity contribution in [3.63, 3.8) is 0 Å². The number of thiophene rings is 1. The lowest BCUT2D eigenvalue weighted by atomic mass is 9.67. The first-order valence-electron chi connectivity index (χ1n) is 18.5. The molecule has 0 aliphatic heterocycles. The maximum atomic E-state index is 2.51. The molecule has 3 aliphatic carbocycles. The van der Waals surface area contributed by atoms with Gasteiger partial charge < -0.3 is 4.90 Å². The van der Waals surface area contributed by atoms with Crippen LogP contribution in [0.3, 0.4) is 0 Å². The maximum absolute atomic E-state index is 2.51. The lowest BCUT2D eigenvalue weighted by Gasteiger charge is -2.37. The third-order valence-electron chi connectivity index (χ3n) is 12.4. The lowest BCUT2D eigenvalue weighted by molar-refractivity contribution is 0.327. The van der Waals surface area contributed by atoms with E-state index in [0.29, 0.717) is 0 Å². The summed E-state index contributed by atoms with van der Waals surface area (Å²) < 4.78 is 2.70. The van der Waals surface area contributed by atoms with Gasteiger partial charge in [0.25, 0.3) is 0 Å². The van der Waals surface area contributed by atoms with Gasteiger partial charge in [-0.15, -0.1) is 11.3 Å². The van der Waals surface area contributed by atoms with Crippen molar-refractivity contribution in [2.45, 2.75) is 31.1 Å². The molecule has 1 nitrogen and oxygen atoms in total. The van der Waals surface area contributed by atoms with E-state index >= 15 is 0 Å². The van der Waals surface area contributed by atoms with Crippen LogP contribution in [0.15, 0.2) is 164 Å². The summed E-state index contributed by atoms with van der Waals surface area (Å²) in [5.41, 5.74) is 14.7. The molecule has 0 radical (unpaired) electrons. The number of hydrogen-bond donors (Lipinski definition) is 0. The molecule has 3 aliphatic rings. The van der Waals surface area contributed by atoms with E-state index in [1.54, 1.807) is 11.1 Å². The van der Waals surface area contributed by atoms with E-state index in [0.717, 1.165) is 11.8 Å². The average molecular weight is 672 g/mol. The minimum atomic E-state index is 0.139. The van der Waals surface area contributed by atoms with Gasteiger partial charge in [0, 0.05) is 42.5 Å². The first-order valence-corrected chi connectivity index (χ1v) is 19.3. The van der Waals surface area contributed by atoms with E-state index in [2.05, 4.69) is 169 Å². The van der Waals surface area contributed by atoms with Crippen molar-refractivity contribution in [2.75, 3.05) is 4.90 Å². The van der Waals surface area contributed by atoms with Crippen molar-refractivity contribution in [1.29, 1.82) is 0 Å². The Morgan fingerprint density at radius 2 is 1.16 bits per heavy atom. The Morgan fingerprint density at radius 1 is 0.510 bits per heavy atom. The average Bonchev–Trinajstić information content (AvgIpc) is 3.98. The minimum Gasteiger partial charge on any atom is -0.310 e. The molecule has 0 amide bonds. The molecule has 3 unspecified atom stereocenters. The van der Waals surface area contributed by atoms with Gasteiger partial charge >= 0.3 is 0 Å². The summed E-state index contributed by atoms with van der Waals surface area (Å²) in [7, 11) is 0. The fourth-order valence-corrected chi connectivity index (χ4v) is 11.5. The van der Waals surface area contributed by atoms with Crippen LogP contribution in [0.2, 0.25) is 0 Å². The number of benzene rings is 7. The molecule has 3 atom stereocenters. The quantitative estimate of drug-likeness (QED) is 0.176. The lowest BCUT2D eigenvalue weighted by Crippen LogP contribution is -2.31. The summed E-state index contributed by atoms with van der Waals surface area (Å²) in [6.07, 6.45) is 5.40. The van der Waals surface area contributed by atoms with Crippen LogP contribution in [0.25, 0.3) is 53.6 Å². The van der Waals surface area contributed by atoms with Crippen molar-refractivity contribution in [3.8, 4) is 33.4 Å². The second-order valence-corrected chi connectivity index (χ2v) is 15.9. The van der Waals surface area contributed by atoms with E-state index in [4.69, 9.17) is 0 Å². The Bertz CT molecular complexity index is 2600. The molecule has 0 saturated heterocycles. The third-order valence-corrected chi connectivity index (χ3v) is 13.6. The molecule has 0 N–H and O–H groups in total. The molecule has 1 aromatic heterocycles. The molecule has 1 spiro atoms. The fourth-order valence-electron chi connectivity index (χ4n) is 10.2. The highest BCUT2D eigenvalue weighted by atomic mass is 32.1. The molecule has 8 aromatic rings. The van der Waals surface area contributed by atoms with E-state index < -0.39 is 0 Å². The summed E-state index contributed by atoms with van der Waals surface area (Å²) >= 11 is 1.90. The molecule has 2 fully saturated rings. The highest BCUT2D eigenvalue weighted by Crippen LogP contribution is 2.67. The highest BCUT2D eigenvalue weighted by molar-refractivity contribution is 7.26. The largest absolute Gasteiger partial charge is 0.310 e. The minimum absolute atomic E-state index is 0.139. The van der Waals surface area contributed by atoms with Gasteiger partial charge in [0.05, 0.1) is 5.69 Å². The molecule has 244 valence electrons. The Hall–Kier alpha value is -5.44. The summed E-state index contributed by atoms with van der Waals surface area (Å²) in [5.74, 6) is 1.58. The van der Waals surface area contributed by atoms with Gasteiger partial charge in [0.15, 0.2) is 0 Å². The van der Waals surface area contributed by atoms with E-state index in [9.17, 15) is 0 Å².